The summed E-state index contributed by atoms with van der Waals surface area (Å²) in [5, 5.41) is 20.1. The molecule has 0 atom stereocenters. The molecule has 0 aliphatic heterocycles. The topological polar surface area (TPSA) is 80.3 Å². The molecule has 16 heavy (non-hydrogen) atoms. The van der Waals surface area contributed by atoms with Crippen LogP contribution in [0.2, 0.25) is 0 Å². The molecule has 0 fully saturated rings. The summed E-state index contributed by atoms with van der Waals surface area (Å²) >= 11 is 0. The van der Waals surface area contributed by atoms with E-state index in [1.165, 1.54) is 0 Å². The Morgan fingerprint density at radius 1 is 0.625 bits per heavy atom. The van der Waals surface area contributed by atoms with Crippen LogP contribution in [0.1, 0.15) is 51.4 Å². The van der Waals surface area contributed by atoms with E-state index in [9.17, 15) is 19.8 Å². The van der Waals surface area contributed by atoms with Gasteiger partial charge in [-0.15, -0.1) is 0 Å². The minimum Gasteiger partial charge on any atom is -0.550 e. The van der Waals surface area contributed by atoms with Gasteiger partial charge in [0.25, 0.3) is 0 Å². The summed E-state index contributed by atoms with van der Waals surface area (Å²) in [5.74, 6) is -2.00. The molecule has 0 radical (unpaired) electrons. The van der Waals surface area contributed by atoms with Crippen LogP contribution in [0.15, 0.2) is 0 Å². The van der Waals surface area contributed by atoms with Crippen LogP contribution in [0.5, 0.6) is 0 Å². The third kappa shape index (κ3) is 22.2. The van der Waals surface area contributed by atoms with Crippen molar-refractivity contribution in [2.24, 2.45) is 0 Å². The summed E-state index contributed by atoms with van der Waals surface area (Å²) in [5.41, 5.74) is 0. The molecule has 0 rings (SSSR count). The van der Waals surface area contributed by atoms with Gasteiger partial charge in [0.2, 0.25) is 0 Å². The Morgan fingerprint density at radius 2 is 0.875 bits per heavy atom. The van der Waals surface area contributed by atoms with E-state index in [2.05, 4.69) is 0 Å². The Balaban J connectivity index is -0.000000845. The van der Waals surface area contributed by atoms with Crippen molar-refractivity contribution in [2.45, 2.75) is 51.4 Å². The van der Waals surface area contributed by atoms with Gasteiger partial charge < -0.3 is 19.8 Å². The van der Waals surface area contributed by atoms with E-state index in [-0.39, 0.29) is 151 Å². The molecule has 82 valence electrons. The summed E-state index contributed by atoms with van der Waals surface area (Å²) in [6.45, 7) is 0. The molecule has 6 heteroatoms. The molecular formula is C10H16Cs2O4. The second-order valence-corrected chi connectivity index (χ2v) is 3.37. The average molecular weight is 466 g/mol. The molecule has 0 bridgehead atoms. The van der Waals surface area contributed by atoms with Crippen LogP contribution in [0.4, 0.5) is 0 Å². The zero-order valence-electron chi connectivity index (χ0n) is 10.3. The second-order valence-electron chi connectivity index (χ2n) is 3.37. The van der Waals surface area contributed by atoms with E-state index < -0.39 is 11.9 Å². The van der Waals surface area contributed by atoms with Crippen LogP contribution in [-0.2, 0) is 9.59 Å². The Morgan fingerprint density at radius 3 is 1.12 bits per heavy atom. The quantitative estimate of drug-likeness (QED) is 0.317. The normalized spacial score (nSPS) is 8.75. The zero-order chi connectivity index (χ0) is 10.8. The molecule has 0 aliphatic rings. The summed E-state index contributed by atoms with van der Waals surface area (Å²) < 4.78 is 0. The average Bonchev–Trinajstić information content (AvgIpc) is 2.08. The molecule has 0 amide bonds. The number of carbonyl (C=O) groups excluding carboxylic acids is 2. The van der Waals surface area contributed by atoms with Gasteiger partial charge in [0, 0.05) is 11.9 Å². The Hall–Kier alpha value is 3.04. The third-order valence-electron chi connectivity index (χ3n) is 2.01. The van der Waals surface area contributed by atoms with E-state index in [1.54, 1.807) is 0 Å². The Labute approximate surface area is 215 Å². The molecule has 0 N–H and O–H groups in total. The Bertz CT molecular complexity index is 166. The Kier molecular flexibility index (Phi) is 27.2. The number of unbranched alkanes of at least 4 members (excludes halogenated alkanes) is 5. The summed E-state index contributed by atoms with van der Waals surface area (Å²) in [6, 6.07) is 0. The molecule has 0 saturated heterocycles. The fourth-order valence-corrected chi connectivity index (χ4v) is 1.25. The maximum absolute atomic E-state index is 10.0. The van der Waals surface area contributed by atoms with Crippen molar-refractivity contribution in [1.29, 1.82) is 0 Å². The SMILES string of the molecule is O=C([O-])CCCCCCCCC(=O)[O-].[Cs+].[Cs+]. The molecule has 0 aliphatic carbocycles. The minimum atomic E-state index is -0.998. The van der Waals surface area contributed by atoms with Crippen molar-refractivity contribution in [3.8, 4) is 0 Å². The maximum Gasteiger partial charge on any atom is 1.00 e. The summed E-state index contributed by atoms with van der Waals surface area (Å²) in [6.07, 6.45) is 5.23. The van der Waals surface area contributed by atoms with Gasteiger partial charge in [0.15, 0.2) is 0 Å². The summed E-state index contributed by atoms with van der Waals surface area (Å²) in [4.78, 5) is 20.1. The van der Waals surface area contributed by atoms with E-state index in [4.69, 9.17) is 0 Å². The summed E-state index contributed by atoms with van der Waals surface area (Å²) in [7, 11) is 0. The van der Waals surface area contributed by atoms with Gasteiger partial charge in [-0.05, 0) is 25.7 Å². The van der Waals surface area contributed by atoms with Crippen LogP contribution >= 0.6 is 0 Å². The van der Waals surface area contributed by atoms with Gasteiger partial charge in [0.1, 0.15) is 0 Å². The molecule has 0 aromatic heterocycles. The van der Waals surface area contributed by atoms with Crippen molar-refractivity contribution in [3.63, 3.8) is 0 Å². The third-order valence-corrected chi connectivity index (χ3v) is 2.01. The standard InChI is InChI=1S/C10H18O4.2Cs/c11-9(12)7-5-3-1-2-4-6-8-10(13)14;;/h1-8H2,(H,11,12)(H,13,14);;/q;2*+1/p-2. The van der Waals surface area contributed by atoms with Crippen LogP contribution < -0.4 is 148 Å². The molecular weight excluding hydrogens is 450 g/mol. The molecule has 0 aromatic rings. The first kappa shape index (κ1) is 24.1. The van der Waals surface area contributed by atoms with Crippen molar-refractivity contribution >= 4 is 11.9 Å². The van der Waals surface area contributed by atoms with Crippen LogP contribution in [-0.4, -0.2) is 11.9 Å². The molecule has 0 spiro atoms. The predicted molar refractivity (Wildman–Crippen MR) is 47.0 cm³/mol. The molecule has 0 saturated carbocycles. The van der Waals surface area contributed by atoms with E-state index >= 15 is 0 Å². The first-order valence-electron chi connectivity index (χ1n) is 5.02. The van der Waals surface area contributed by atoms with E-state index in [0.717, 1.165) is 25.7 Å². The van der Waals surface area contributed by atoms with Gasteiger partial charge in [0.05, 0.1) is 0 Å². The number of carboxylic acids is 2. The number of carbonyl (C=O) groups is 2. The van der Waals surface area contributed by atoms with Gasteiger partial charge in [-0.1, -0.05) is 25.7 Å². The van der Waals surface area contributed by atoms with E-state index in [0.29, 0.717) is 12.8 Å². The first-order chi connectivity index (χ1) is 6.63. The van der Waals surface area contributed by atoms with Crippen LogP contribution in [0.3, 0.4) is 0 Å². The first-order valence-corrected chi connectivity index (χ1v) is 5.02. The number of rotatable bonds is 9. The van der Waals surface area contributed by atoms with Gasteiger partial charge in [-0.3, -0.25) is 0 Å². The predicted octanol–water partition coefficient (Wildman–Crippen LogP) is -6.38. The number of hydrogen-bond donors (Lipinski definition) is 0. The second kappa shape index (κ2) is 18.0. The van der Waals surface area contributed by atoms with Gasteiger partial charge in [-0.25, -0.2) is 0 Å². The monoisotopic (exact) mass is 466 g/mol. The zero-order valence-corrected chi connectivity index (χ0v) is 22.9. The fraction of sp³-hybridized carbons (Fsp3) is 0.800. The van der Waals surface area contributed by atoms with Gasteiger partial charge in [-0.2, -0.15) is 0 Å². The van der Waals surface area contributed by atoms with Crippen molar-refractivity contribution in [1.82, 2.24) is 0 Å². The largest absolute Gasteiger partial charge is 1.00 e. The number of hydrogen-bond acceptors (Lipinski definition) is 4. The van der Waals surface area contributed by atoms with Gasteiger partial charge >= 0.3 is 138 Å². The maximum atomic E-state index is 10.0. The fourth-order valence-electron chi connectivity index (χ4n) is 1.25. The van der Waals surface area contributed by atoms with Crippen molar-refractivity contribution < 1.29 is 158 Å². The molecule has 0 unspecified atom stereocenters. The number of carboxylic acid groups (broad SMARTS) is 2. The van der Waals surface area contributed by atoms with Crippen molar-refractivity contribution in [2.75, 3.05) is 0 Å². The van der Waals surface area contributed by atoms with Crippen molar-refractivity contribution in [3.05, 3.63) is 0 Å². The smallest absolute Gasteiger partial charge is 0.550 e. The number of aliphatic carboxylic acids is 2. The minimum absolute atomic E-state index is 0. The molecule has 4 nitrogen and oxygen atoms in total. The molecule has 0 aromatic carbocycles. The molecule has 0 heterocycles. The van der Waals surface area contributed by atoms with Crippen LogP contribution in [0, 0.1) is 0 Å². The van der Waals surface area contributed by atoms with E-state index in [1.807, 2.05) is 0 Å². The van der Waals surface area contributed by atoms with Crippen LogP contribution in [0.25, 0.3) is 0 Å².